The van der Waals surface area contributed by atoms with E-state index in [9.17, 15) is 13.0 Å². The van der Waals surface area contributed by atoms with E-state index in [1.54, 1.807) is 6.07 Å². The van der Waals surface area contributed by atoms with Crippen molar-refractivity contribution in [1.29, 1.82) is 0 Å². The quantitative estimate of drug-likeness (QED) is 0.0421. The monoisotopic (exact) mass is 657 g/mol. The molecule has 0 heterocycles. The van der Waals surface area contributed by atoms with Crippen LogP contribution < -0.4 is 29.6 Å². The molecule has 0 spiro atoms. The fraction of sp³-hybridized carbons (Fsp3) is 0.850. The molecule has 0 aliphatic heterocycles. The average Bonchev–Trinajstić information content (AvgIpc) is 3.01. The van der Waals surface area contributed by atoms with E-state index in [4.69, 9.17) is 0 Å². The molecule has 45 heavy (non-hydrogen) atoms. The molecule has 0 N–H and O–H groups in total. The van der Waals surface area contributed by atoms with Gasteiger partial charge < -0.3 is 4.55 Å². The van der Waals surface area contributed by atoms with Gasteiger partial charge in [0.2, 0.25) is 0 Å². The predicted molar refractivity (Wildman–Crippen MR) is 192 cm³/mol. The summed E-state index contributed by atoms with van der Waals surface area (Å²) in [6.45, 7) is 2.30. The standard InChI is InChI=1S/C40H74O3S.Na/c1-2-3-4-5-6-7-8-9-10-11-12-13-14-15-16-17-18-19-20-21-22-23-24-25-26-27-28-29-30-31-32-33-35-39-36-34-37-40(38-39)44(41,42)43;/h34,36-38H,2-33,35H2,1H3,(H,41,42,43);/q;+1/p-1. The molecule has 0 aromatic heterocycles. The first-order valence-electron chi connectivity index (χ1n) is 19.6. The summed E-state index contributed by atoms with van der Waals surface area (Å²) >= 11 is 0. The van der Waals surface area contributed by atoms with Gasteiger partial charge in [0.15, 0.2) is 0 Å². The first-order chi connectivity index (χ1) is 21.5. The third kappa shape index (κ3) is 31.2. The number of hydrogen-bond donors (Lipinski definition) is 0. The summed E-state index contributed by atoms with van der Waals surface area (Å²) in [5, 5.41) is 0. The molecule has 3 nitrogen and oxygen atoms in total. The summed E-state index contributed by atoms with van der Waals surface area (Å²) in [6.07, 6.45) is 46.0. The van der Waals surface area contributed by atoms with E-state index in [2.05, 4.69) is 6.92 Å². The van der Waals surface area contributed by atoms with Crippen molar-refractivity contribution < 1.29 is 42.5 Å². The van der Waals surface area contributed by atoms with Crippen molar-refractivity contribution in [1.82, 2.24) is 0 Å². The minimum Gasteiger partial charge on any atom is -0.744 e. The molecule has 0 saturated carbocycles. The maximum absolute atomic E-state index is 11.1. The van der Waals surface area contributed by atoms with Crippen LogP contribution in [-0.2, 0) is 16.5 Å². The Morgan fingerprint density at radius 2 is 0.711 bits per heavy atom. The molecular weight excluding hydrogens is 583 g/mol. The molecule has 0 saturated heterocycles. The second-order valence-corrected chi connectivity index (χ2v) is 15.2. The van der Waals surface area contributed by atoms with Gasteiger partial charge in [-0.25, -0.2) is 8.42 Å². The number of benzene rings is 1. The van der Waals surface area contributed by atoms with Crippen molar-refractivity contribution in [2.75, 3.05) is 0 Å². The summed E-state index contributed by atoms with van der Waals surface area (Å²) in [4.78, 5) is -0.106. The molecule has 1 rings (SSSR count). The van der Waals surface area contributed by atoms with E-state index in [-0.39, 0.29) is 34.5 Å². The van der Waals surface area contributed by atoms with Crippen LogP contribution in [0, 0.1) is 0 Å². The Morgan fingerprint density at radius 3 is 0.978 bits per heavy atom. The van der Waals surface area contributed by atoms with E-state index >= 15 is 0 Å². The minimum absolute atomic E-state index is 0. The first-order valence-corrected chi connectivity index (χ1v) is 21.0. The largest absolute Gasteiger partial charge is 1.00 e. The smallest absolute Gasteiger partial charge is 0.744 e. The Labute approximate surface area is 304 Å². The average molecular weight is 657 g/mol. The first kappa shape index (κ1) is 45.1. The summed E-state index contributed by atoms with van der Waals surface area (Å²) in [6, 6.07) is 6.50. The van der Waals surface area contributed by atoms with Gasteiger partial charge in [0, 0.05) is 0 Å². The Bertz CT molecular complexity index is 842. The van der Waals surface area contributed by atoms with Crippen LogP contribution in [0.1, 0.15) is 218 Å². The third-order valence-corrected chi connectivity index (χ3v) is 10.3. The van der Waals surface area contributed by atoms with Gasteiger partial charge in [-0.15, -0.1) is 0 Å². The number of aryl methyl sites for hydroxylation is 1. The normalized spacial score (nSPS) is 11.6. The number of hydrogen-bond acceptors (Lipinski definition) is 3. The molecule has 0 aliphatic carbocycles. The van der Waals surface area contributed by atoms with Crippen LogP contribution in [0.3, 0.4) is 0 Å². The maximum atomic E-state index is 11.1. The van der Waals surface area contributed by atoms with Crippen LogP contribution in [0.5, 0.6) is 0 Å². The topological polar surface area (TPSA) is 57.2 Å². The second-order valence-electron chi connectivity index (χ2n) is 13.8. The van der Waals surface area contributed by atoms with Gasteiger partial charge in [0.05, 0.1) is 4.90 Å². The van der Waals surface area contributed by atoms with Crippen LogP contribution in [0.15, 0.2) is 29.2 Å². The molecule has 0 aliphatic rings. The van der Waals surface area contributed by atoms with Gasteiger partial charge in [0.25, 0.3) is 0 Å². The van der Waals surface area contributed by atoms with Gasteiger partial charge in [-0.2, -0.15) is 0 Å². The zero-order chi connectivity index (χ0) is 31.8. The summed E-state index contributed by atoms with van der Waals surface area (Å²) in [5.41, 5.74) is 0.951. The van der Waals surface area contributed by atoms with Crippen LogP contribution in [0.2, 0.25) is 0 Å². The fourth-order valence-corrected chi connectivity index (χ4v) is 7.10. The molecule has 1 aromatic rings. The SMILES string of the molecule is CCCCCCCCCCCCCCCCCCCCCCCCCCCCCCCCCCc1cccc(S(=O)(=O)[O-])c1.[Na+]. The van der Waals surface area contributed by atoms with Crippen LogP contribution in [0.4, 0.5) is 0 Å². The molecule has 5 heteroatoms. The molecule has 1 aromatic carbocycles. The van der Waals surface area contributed by atoms with Crippen LogP contribution in [0.25, 0.3) is 0 Å². The Hall–Kier alpha value is 0.130. The Morgan fingerprint density at radius 1 is 0.444 bits per heavy atom. The van der Waals surface area contributed by atoms with E-state index in [1.165, 1.54) is 211 Å². The molecular formula is C40H73NaO3S. The van der Waals surface area contributed by atoms with Gasteiger partial charge in [-0.05, 0) is 30.5 Å². The van der Waals surface area contributed by atoms with Crippen molar-refractivity contribution in [3.05, 3.63) is 29.8 Å². The Kier molecular flexibility index (Phi) is 34.1. The van der Waals surface area contributed by atoms with E-state index in [0.717, 1.165) is 18.4 Å². The minimum atomic E-state index is -4.35. The second kappa shape index (κ2) is 34.0. The van der Waals surface area contributed by atoms with Crippen molar-refractivity contribution in [2.45, 2.75) is 224 Å². The van der Waals surface area contributed by atoms with Crippen molar-refractivity contribution in [3.8, 4) is 0 Å². The molecule has 0 bridgehead atoms. The van der Waals surface area contributed by atoms with Crippen molar-refractivity contribution in [2.24, 2.45) is 0 Å². The molecule has 0 fully saturated rings. The third-order valence-electron chi connectivity index (χ3n) is 9.51. The molecule has 0 radical (unpaired) electrons. The molecule has 258 valence electrons. The molecule has 0 unspecified atom stereocenters. The van der Waals surface area contributed by atoms with Gasteiger partial charge in [-0.3, -0.25) is 0 Å². The van der Waals surface area contributed by atoms with Crippen LogP contribution >= 0.6 is 0 Å². The van der Waals surface area contributed by atoms with Crippen molar-refractivity contribution in [3.63, 3.8) is 0 Å². The molecule has 0 amide bonds. The predicted octanol–water partition coefficient (Wildman–Crippen LogP) is 10.6. The van der Waals surface area contributed by atoms with Crippen LogP contribution in [-0.4, -0.2) is 13.0 Å². The maximum Gasteiger partial charge on any atom is 1.00 e. The van der Waals surface area contributed by atoms with Crippen molar-refractivity contribution >= 4 is 10.1 Å². The van der Waals surface area contributed by atoms with E-state index < -0.39 is 10.1 Å². The molecule has 0 atom stereocenters. The van der Waals surface area contributed by atoms with E-state index in [1.807, 2.05) is 6.07 Å². The zero-order valence-corrected chi connectivity index (χ0v) is 33.1. The Balaban J connectivity index is 0.0000194. The van der Waals surface area contributed by atoms with Gasteiger partial charge >= 0.3 is 29.6 Å². The van der Waals surface area contributed by atoms with Gasteiger partial charge in [0.1, 0.15) is 10.1 Å². The summed E-state index contributed by atoms with van der Waals surface area (Å²) in [5.74, 6) is 0. The number of rotatable bonds is 34. The van der Waals surface area contributed by atoms with Gasteiger partial charge in [-0.1, -0.05) is 218 Å². The van der Waals surface area contributed by atoms with E-state index in [0.29, 0.717) is 0 Å². The fourth-order valence-electron chi connectivity index (χ4n) is 6.56. The zero-order valence-electron chi connectivity index (χ0n) is 30.3. The number of unbranched alkanes of at least 4 members (excludes halogenated alkanes) is 31. The summed E-state index contributed by atoms with van der Waals surface area (Å²) in [7, 11) is -4.35. The summed E-state index contributed by atoms with van der Waals surface area (Å²) < 4.78 is 33.4.